The molecule has 0 aliphatic rings. The molecule has 0 saturated carbocycles. The van der Waals surface area contributed by atoms with Gasteiger partial charge < -0.3 is 4.12 Å². The van der Waals surface area contributed by atoms with Crippen molar-refractivity contribution in [2.24, 2.45) is 0 Å². The van der Waals surface area contributed by atoms with Crippen LogP contribution in [0.5, 0.6) is 0 Å². The summed E-state index contributed by atoms with van der Waals surface area (Å²) >= 11 is 0. The van der Waals surface area contributed by atoms with Crippen molar-refractivity contribution < 1.29 is 78.8 Å². The number of rotatable bonds is 12. The maximum absolute atomic E-state index is 14.7. The highest BCUT2D eigenvalue weighted by Gasteiger charge is 2.95. The van der Waals surface area contributed by atoms with Crippen LogP contribution < -0.4 is 5.19 Å². The van der Waals surface area contributed by atoms with Crippen molar-refractivity contribution in [1.82, 2.24) is 0 Å². The molecule has 1 aromatic rings. The SMILES string of the molecule is C=Cc1ccccc1[Si](CC(F)(F)C(F)(F)C(F)(F)C(F)(F)C(F)(F)C(F)(F)C(F)(F)C(F)(F)F)O[Si](C)(C)C. The van der Waals surface area contributed by atoms with Crippen LogP contribution in [0.25, 0.3) is 6.08 Å². The molecule has 1 nitrogen and oxygen atoms in total. The van der Waals surface area contributed by atoms with Crippen molar-refractivity contribution in [3.8, 4) is 0 Å². The standard InChI is InChI=1S/C20H18F17OSi2/c1-5-11-8-6-7-9-12(11)39(38-40(2,3)4)10-13(21,22)14(23,24)15(25,26)16(27,28)17(29,30)18(31,32)19(33,34)20(35,36)37/h5-9H,1,10H2,2-4H3. The summed E-state index contributed by atoms with van der Waals surface area (Å²) in [5.74, 6) is -56.6. The minimum Gasteiger partial charge on any atom is -0.452 e. The van der Waals surface area contributed by atoms with Crippen molar-refractivity contribution in [2.75, 3.05) is 0 Å². The summed E-state index contributed by atoms with van der Waals surface area (Å²) in [6.45, 7) is 7.16. The van der Waals surface area contributed by atoms with E-state index in [2.05, 4.69) is 6.58 Å². The first kappa shape index (κ1) is 36.2. The average Bonchev–Trinajstić information content (AvgIpc) is 2.75. The maximum atomic E-state index is 14.7. The Hall–Kier alpha value is -1.84. The third kappa shape index (κ3) is 5.75. The predicted molar refractivity (Wildman–Crippen MR) is 112 cm³/mol. The maximum Gasteiger partial charge on any atom is 0.460 e. The smallest absolute Gasteiger partial charge is 0.452 e. The molecule has 0 aliphatic carbocycles. The molecule has 0 N–H and O–H groups in total. The molecule has 0 heterocycles. The zero-order valence-electron chi connectivity index (χ0n) is 20.1. The van der Waals surface area contributed by atoms with E-state index in [1.54, 1.807) is 0 Å². The first-order valence-electron chi connectivity index (χ1n) is 10.4. The molecule has 0 amide bonds. The summed E-state index contributed by atoms with van der Waals surface area (Å²) in [7, 11) is -6.78. The number of benzene rings is 1. The Bertz CT molecular complexity index is 1060. The van der Waals surface area contributed by atoms with Gasteiger partial charge in [0, 0.05) is 6.04 Å². The number of hydrogen-bond acceptors (Lipinski definition) is 1. The van der Waals surface area contributed by atoms with E-state index in [4.69, 9.17) is 4.12 Å². The zero-order valence-corrected chi connectivity index (χ0v) is 22.1. The first-order valence-corrected chi connectivity index (χ1v) is 15.4. The lowest BCUT2D eigenvalue weighted by molar-refractivity contribution is -0.460. The molecule has 0 spiro atoms. The highest BCUT2D eigenvalue weighted by atomic mass is 28.4. The van der Waals surface area contributed by atoms with Crippen molar-refractivity contribution in [2.45, 2.75) is 73.3 Å². The molecule has 1 rings (SSSR count). The van der Waals surface area contributed by atoms with Gasteiger partial charge in [0.15, 0.2) is 8.32 Å². The van der Waals surface area contributed by atoms with E-state index in [-0.39, 0.29) is 10.8 Å². The second kappa shape index (κ2) is 10.5. The Labute approximate surface area is 217 Å². The lowest BCUT2D eigenvalue weighted by Crippen LogP contribution is -2.74. The molecule has 0 aliphatic heterocycles. The Morgan fingerprint density at radius 1 is 0.650 bits per heavy atom. The van der Waals surface area contributed by atoms with Gasteiger partial charge >= 0.3 is 47.6 Å². The fourth-order valence-electron chi connectivity index (χ4n) is 2.99. The van der Waals surface area contributed by atoms with Crippen LogP contribution in [0.4, 0.5) is 74.6 Å². The molecule has 0 aromatic heterocycles. The lowest BCUT2D eigenvalue weighted by atomic mass is 9.89. The Morgan fingerprint density at radius 3 is 1.40 bits per heavy atom. The van der Waals surface area contributed by atoms with Gasteiger partial charge in [-0.1, -0.05) is 36.9 Å². The number of alkyl halides is 17. The van der Waals surface area contributed by atoms with Gasteiger partial charge in [0.05, 0.1) is 0 Å². The van der Waals surface area contributed by atoms with Gasteiger partial charge in [-0.25, -0.2) is 0 Å². The van der Waals surface area contributed by atoms with Crippen LogP contribution in [0.15, 0.2) is 30.8 Å². The van der Waals surface area contributed by atoms with E-state index in [1.807, 2.05) is 0 Å². The minimum atomic E-state index is -8.65. The van der Waals surface area contributed by atoms with Crippen LogP contribution in [0.1, 0.15) is 5.56 Å². The molecule has 0 fully saturated rings. The third-order valence-corrected chi connectivity index (χ3v) is 10.3. The molecule has 40 heavy (non-hydrogen) atoms. The molecule has 0 atom stereocenters. The summed E-state index contributed by atoms with van der Waals surface area (Å²) in [5.41, 5.74) is -0.0913. The fourth-order valence-corrected chi connectivity index (χ4v) is 8.28. The van der Waals surface area contributed by atoms with E-state index in [0.29, 0.717) is 0 Å². The quantitative estimate of drug-likeness (QED) is 0.163. The molecular weight excluding hydrogens is 635 g/mol. The Kier molecular flexibility index (Phi) is 9.46. The van der Waals surface area contributed by atoms with Gasteiger partial charge in [-0.3, -0.25) is 0 Å². The fraction of sp³-hybridized carbons (Fsp3) is 0.600. The van der Waals surface area contributed by atoms with Gasteiger partial charge in [-0.15, -0.1) is 0 Å². The summed E-state index contributed by atoms with van der Waals surface area (Å²) in [6.07, 6.45) is -6.82. The highest BCUT2D eigenvalue weighted by molar-refractivity contribution is 6.82. The molecule has 1 aromatic carbocycles. The van der Waals surface area contributed by atoms with Gasteiger partial charge in [-0.2, -0.15) is 74.6 Å². The largest absolute Gasteiger partial charge is 0.460 e. The Balaban J connectivity index is 3.73. The van der Waals surface area contributed by atoms with Crippen LogP contribution in [0.2, 0.25) is 25.7 Å². The third-order valence-electron chi connectivity index (χ3n) is 5.08. The Morgan fingerprint density at radius 2 is 1.02 bits per heavy atom. The van der Waals surface area contributed by atoms with Crippen molar-refractivity contribution in [3.63, 3.8) is 0 Å². The van der Waals surface area contributed by atoms with Gasteiger partial charge in [0.2, 0.25) is 9.04 Å². The van der Waals surface area contributed by atoms with Crippen LogP contribution >= 0.6 is 0 Å². The molecule has 0 bridgehead atoms. The van der Waals surface area contributed by atoms with Gasteiger partial charge in [-0.05, 0) is 30.4 Å². The molecule has 0 unspecified atom stereocenters. The van der Waals surface area contributed by atoms with Crippen molar-refractivity contribution >= 4 is 28.6 Å². The van der Waals surface area contributed by atoms with Crippen LogP contribution in [0.3, 0.4) is 0 Å². The summed E-state index contributed by atoms with van der Waals surface area (Å²) in [5, 5.41) is -0.364. The summed E-state index contributed by atoms with van der Waals surface area (Å²) in [6, 6.07) is 1.94. The van der Waals surface area contributed by atoms with E-state index in [0.717, 1.165) is 24.3 Å². The highest BCUT2D eigenvalue weighted by Crippen LogP contribution is 2.64. The minimum absolute atomic E-state index is 0.0913. The van der Waals surface area contributed by atoms with Crippen LogP contribution in [-0.2, 0) is 4.12 Å². The van der Waals surface area contributed by atoms with Crippen molar-refractivity contribution in [1.29, 1.82) is 0 Å². The number of hydrogen-bond donors (Lipinski definition) is 0. The summed E-state index contributed by atoms with van der Waals surface area (Å²) in [4.78, 5) is 0. The summed E-state index contributed by atoms with van der Waals surface area (Å²) < 4.78 is 236. The molecular formula is C20H18F17OSi2. The second-order valence-electron chi connectivity index (χ2n) is 9.25. The topological polar surface area (TPSA) is 9.23 Å². The first-order chi connectivity index (χ1) is 17.4. The monoisotopic (exact) mass is 653 g/mol. The van der Waals surface area contributed by atoms with E-state index >= 15 is 0 Å². The second-order valence-corrected chi connectivity index (χ2v) is 16.0. The molecule has 20 heteroatoms. The van der Waals surface area contributed by atoms with Crippen LogP contribution in [0, 0.1) is 0 Å². The van der Waals surface area contributed by atoms with E-state index in [1.165, 1.54) is 25.7 Å². The van der Waals surface area contributed by atoms with E-state index < -0.39 is 71.0 Å². The average molecular weight is 654 g/mol. The molecule has 0 saturated heterocycles. The lowest BCUT2D eigenvalue weighted by Gasteiger charge is -2.43. The normalized spacial score (nSPS) is 15.5. The number of halogens is 17. The zero-order chi connectivity index (χ0) is 32.2. The van der Waals surface area contributed by atoms with Gasteiger partial charge in [0.25, 0.3) is 0 Å². The molecule has 231 valence electrons. The van der Waals surface area contributed by atoms with Crippen LogP contribution in [-0.4, -0.2) is 65.0 Å². The predicted octanol–water partition coefficient (Wildman–Crippen LogP) is 8.39. The van der Waals surface area contributed by atoms with Gasteiger partial charge in [0.1, 0.15) is 0 Å². The van der Waals surface area contributed by atoms with Crippen molar-refractivity contribution in [3.05, 3.63) is 36.4 Å². The molecule has 1 radical (unpaired) electrons. The van der Waals surface area contributed by atoms with E-state index in [9.17, 15) is 74.6 Å².